The summed E-state index contributed by atoms with van der Waals surface area (Å²) in [5.41, 5.74) is 1.78. The van der Waals surface area contributed by atoms with Crippen molar-refractivity contribution in [3.63, 3.8) is 0 Å². The van der Waals surface area contributed by atoms with Gasteiger partial charge in [-0.15, -0.1) is 0 Å². The molecule has 1 N–H and O–H groups in total. The van der Waals surface area contributed by atoms with Crippen LogP contribution in [-0.4, -0.2) is 22.7 Å². The Kier molecular flexibility index (Phi) is 2.77. The Bertz CT molecular complexity index is 528. The van der Waals surface area contributed by atoms with Crippen molar-refractivity contribution in [1.29, 1.82) is 0 Å². The van der Waals surface area contributed by atoms with Gasteiger partial charge in [0.15, 0.2) is 0 Å². The molecule has 1 saturated heterocycles. The van der Waals surface area contributed by atoms with Gasteiger partial charge in [0.25, 0.3) is 0 Å². The van der Waals surface area contributed by atoms with Gasteiger partial charge in [0.05, 0.1) is 27.2 Å². The number of benzene rings is 1. The molecule has 1 aliphatic heterocycles. The standard InChI is InChI=1S/C12H12Cl2N2O/c1-6-7(2-3-17-6)12-15-10-4-8(13)9(14)5-11(10)16-12/h4-7H,2-3H2,1H3,(H,15,16). The molecule has 0 radical (unpaired) electrons. The van der Waals surface area contributed by atoms with Crippen LogP contribution in [0.5, 0.6) is 0 Å². The zero-order valence-corrected chi connectivity index (χ0v) is 10.8. The fraction of sp³-hybridized carbons (Fsp3) is 0.417. The van der Waals surface area contributed by atoms with Gasteiger partial charge in [0.2, 0.25) is 0 Å². The van der Waals surface area contributed by atoms with E-state index in [0.29, 0.717) is 16.0 Å². The first-order valence-corrected chi connectivity index (χ1v) is 6.37. The number of hydrogen-bond acceptors (Lipinski definition) is 2. The number of imidazole rings is 1. The van der Waals surface area contributed by atoms with Crippen LogP contribution < -0.4 is 0 Å². The van der Waals surface area contributed by atoms with E-state index in [0.717, 1.165) is 29.9 Å². The molecule has 0 spiro atoms. The molecule has 0 aliphatic carbocycles. The highest BCUT2D eigenvalue weighted by atomic mass is 35.5. The highest BCUT2D eigenvalue weighted by molar-refractivity contribution is 6.42. The van der Waals surface area contributed by atoms with Crippen molar-refractivity contribution >= 4 is 34.2 Å². The lowest BCUT2D eigenvalue weighted by molar-refractivity contribution is 0.117. The molecule has 5 heteroatoms. The lowest BCUT2D eigenvalue weighted by Gasteiger charge is -2.09. The third-order valence-corrected chi connectivity index (χ3v) is 3.99. The van der Waals surface area contributed by atoms with Crippen molar-refractivity contribution in [2.75, 3.05) is 6.61 Å². The minimum Gasteiger partial charge on any atom is -0.378 e. The van der Waals surface area contributed by atoms with E-state index >= 15 is 0 Å². The lowest BCUT2D eigenvalue weighted by atomic mass is 10.0. The Balaban J connectivity index is 2.07. The van der Waals surface area contributed by atoms with Gasteiger partial charge in [-0.2, -0.15) is 0 Å². The molecule has 2 aromatic rings. The van der Waals surface area contributed by atoms with Gasteiger partial charge in [0.1, 0.15) is 5.82 Å². The Hall–Kier alpha value is -0.770. The number of aromatic amines is 1. The van der Waals surface area contributed by atoms with Gasteiger partial charge in [-0.3, -0.25) is 0 Å². The molecule has 2 heterocycles. The second kappa shape index (κ2) is 4.16. The van der Waals surface area contributed by atoms with Crippen LogP contribution in [0.1, 0.15) is 25.1 Å². The maximum Gasteiger partial charge on any atom is 0.113 e. The predicted octanol–water partition coefficient (Wildman–Crippen LogP) is 3.76. The van der Waals surface area contributed by atoms with E-state index in [4.69, 9.17) is 27.9 Å². The van der Waals surface area contributed by atoms with Crippen LogP contribution in [0.15, 0.2) is 12.1 Å². The van der Waals surface area contributed by atoms with Gasteiger partial charge < -0.3 is 9.72 Å². The van der Waals surface area contributed by atoms with Gasteiger partial charge in [0, 0.05) is 12.5 Å². The van der Waals surface area contributed by atoms with Crippen molar-refractivity contribution in [1.82, 2.24) is 9.97 Å². The minimum atomic E-state index is 0.210. The molecule has 3 nitrogen and oxygen atoms in total. The summed E-state index contributed by atoms with van der Waals surface area (Å²) in [5, 5.41) is 1.08. The average Bonchev–Trinajstić information content (AvgIpc) is 2.85. The molecular formula is C12H12Cl2N2O. The van der Waals surface area contributed by atoms with E-state index in [9.17, 15) is 0 Å². The van der Waals surface area contributed by atoms with Crippen molar-refractivity contribution in [3.05, 3.63) is 28.0 Å². The predicted molar refractivity (Wildman–Crippen MR) is 68.9 cm³/mol. The Labute approximate surface area is 109 Å². The fourth-order valence-corrected chi connectivity index (χ4v) is 2.61. The number of nitrogens with one attached hydrogen (secondary N) is 1. The molecule has 1 aromatic carbocycles. The molecule has 0 saturated carbocycles. The highest BCUT2D eigenvalue weighted by Gasteiger charge is 2.28. The van der Waals surface area contributed by atoms with Gasteiger partial charge in [-0.1, -0.05) is 23.2 Å². The Morgan fingerprint density at radius 2 is 2.12 bits per heavy atom. The zero-order valence-electron chi connectivity index (χ0n) is 9.34. The monoisotopic (exact) mass is 270 g/mol. The summed E-state index contributed by atoms with van der Waals surface area (Å²) in [5.74, 6) is 1.29. The number of nitrogens with zero attached hydrogens (tertiary/aromatic N) is 1. The summed E-state index contributed by atoms with van der Waals surface area (Å²) in [6, 6.07) is 3.61. The largest absolute Gasteiger partial charge is 0.378 e. The maximum absolute atomic E-state index is 5.98. The summed E-state index contributed by atoms with van der Waals surface area (Å²) in [6.45, 7) is 2.87. The third-order valence-electron chi connectivity index (χ3n) is 3.27. The van der Waals surface area contributed by atoms with E-state index in [1.807, 2.05) is 6.07 Å². The Morgan fingerprint density at radius 3 is 2.82 bits per heavy atom. The van der Waals surface area contributed by atoms with Gasteiger partial charge >= 0.3 is 0 Å². The summed E-state index contributed by atoms with van der Waals surface area (Å²) < 4.78 is 5.55. The highest BCUT2D eigenvalue weighted by Crippen LogP contribution is 2.32. The molecule has 1 aromatic heterocycles. The topological polar surface area (TPSA) is 37.9 Å². The molecule has 0 amide bonds. The maximum atomic E-state index is 5.98. The van der Waals surface area contributed by atoms with Crippen molar-refractivity contribution < 1.29 is 4.74 Å². The van der Waals surface area contributed by atoms with Crippen LogP contribution in [0, 0.1) is 0 Å². The first-order valence-electron chi connectivity index (χ1n) is 5.61. The number of halogens is 2. The molecule has 2 unspecified atom stereocenters. The van der Waals surface area contributed by atoms with Gasteiger partial charge in [-0.05, 0) is 25.5 Å². The van der Waals surface area contributed by atoms with Crippen LogP contribution in [-0.2, 0) is 4.74 Å². The second-order valence-corrected chi connectivity index (χ2v) is 5.19. The van der Waals surface area contributed by atoms with Crippen LogP contribution >= 0.6 is 23.2 Å². The van der Waals surface area contributed by atoms with E-state index in [2.05, 4.69) is 16.9 Å². The normalized spacial score (nSPS) is 24.6. The van der Waals surface area contributed by atoms with Gasteiger partial charge in [-0.25, -0.2) is 4.98 Å². The quantitative estimate of drug-likeness (QED) is 0.857. The van der Waals surface area contributed by atoms with Crippen molar-refractivity contribution in [2.45, 2.75) is 25.4 Å². The molecule has 0 bridgehead atoms. The van der Waals surface area contributed by atoms with E-state index in [-0.39, 0.29) is 6.10 Å². The Morgan fingerprint density at radius 1 is 1.35 bits per heavy atom. The minimum absolute atomic E-state index is 0.210. The summed E-state index contributed by atoms with van der Waals surface area (Å²) in [7, 11) is 0. The van der Waals surface area contributed by atoms with E-state index in [1.54, 1.807) is 6.07 Å². The van der Waals surface area contributed by atoms with Crippen LogP contribution in [0.3, 0.4) is 0 Å². The molecule has 17 heavy (non-hydrogen) atoms. The van der Waals surface area contributed by atoms with Crippen LogP contribution in [0.4, 0.5) is 0 Å². The number of hydrogen-bond donors (Lipinski definition) is 1. The van der Waals surface area contributed by atoms with Crippen molar-refractivity contribution in [3.8, 4) is 0 Å². The lowest BCUT2D eigenvalue weighted by Crippen LogP contribution is -2.10. The molecule has 1 aliphatic rings. The van der Waals surface area contributed by atoms with Crippen molar-refractivity contribution in [2.24, 2.45) is 0 Å². The number of ether oxygens (including phenoxy) is 1. The van der Waals surface area contributed by atoms with E-state index < -0.39 is 0 Å². The number of fused-ring (bicyclic) bond motifs is 1. The number of aromatic nitrogens is 2. The summed E-state index contributed by atoms with van der Waals surface area (Å²) in [6.07, 6.45) is 1.21. The second-order valence-electron chi connectivity index (χ2n) is 4.38. The summed E-state index contributed by atoms with van der Waals surface area (Å²) >= 11 is 12.0. The van der Waals surface area contributed by atoms with Crippen LogP contribution in [0.2, 0.25) is 10.0 Å². The van der Waals surface area contributed by atoms with E-state index in [1.165, 1.54) is 0 Å². The number of rotatable bonds is 1. The number of H-pyrrole nitrogens is 1. The summed E-state index contributed by atoms with van der Waals surface area (Å²) in [4.78, 5) is 7.87. The molecule has 2 atom stereocenters. The molecule has 90 valence electrons. The fourth-order valence-electron chi connectivity index (χ4n) is 2.29. The molecular weight excluding hydrogens is 259 g/mol. The SMILES string of the molecule is CC1OCCC1c1nc2cc(Cl)c(Cl)cc2[nH]1. The third kappa shape index (κ3) is 1.92. The first kappa shape index (κ1) is 11.3. The smallest absolute Gasteiger partial charge is 0.113 e. The van der Waals surface area contributed by atoms with Crippen LogP contribution in [0.25, 0.3) is 11.0 Å². The molecule has 3 rings (SSSR count). The molecule has 1 fully saturated rings. The average molecular weight is 271 g/mol. The zero-order chi connectivity index (χ0) is 12.0. The first-order chi connectivity index (χ1) is 8.15.